The zero-order chi connectivity index (χ0) is 15.3. The zero-order valence-electron chi connectivity index (χ0n) is 11.6. The van der Waals surface area contributed by atoms with E-state index in [0.29, 0.717) is 26.7 Å². The van der Waals surface area contributed by atoms with Gasteiger partial charge in [-0.3, -0.25) is 0 Å². The van der Waals surface area contributed by atoms with E-state index < -0.39 is 0 Å². The zero-order valence-corrected chi connectivity index (χ0v) is 13.1. The first-order valence-electron chi connectivity index (χ1n) is 6.71. The summed E-state index contributed by atoms with van der Waals surface area (Å²) in [5.41, 5.74) is 4.62. The highest BCUT2D eigenvalue weighted by Gasteiger charge is 2.14. The highest BCUT2D eigenvalue weighted by molar-refractivity contribution is 6.42. The second kappa shape index (κ2) is 4.93. The van der Waals surface area contributed by atoms with Gasteiger partial charge < -0.3 is 0 Å². The Bertz CT molecular complexity index is 1010. The maximum Gasteiger partial charge on any atom is 0.182 e. The van der Waals surface area contributed by atoms with E-state index in [4.69, 9.17) is 23.2 Å². The molecule has 0 unspecified atom stereocenters. The SMILES string of the molecule is Cc1nn(-c2ccccc2)c2nc3cc(Cl)c(Cl)cc3nc12. The molecule has 0 spiro atoms. The van der Waals surface area contributed by atoms with Gasteiger partial charge in [0.1, 0.15) is 5.52 Å². The summed E-state index contributed by atoms with van der Waals surface area (Å²) < 4.78 is 1.79. The Morgan fingerprint density at radius 3 is 2.23 bits per heavy atom. The van der Waals surface area contributed by atoms with E-state index >= 15 is 0 Å². The predicted molar refractivity (Wildman–Crippen MR) is 88.9 cm³/mol. The second-order valence-electron chi connectivity index (χ2n) is 4.98. The first kappa shape index (κ1) is 13.5. The van der Waals surface area contributed by atoms with Crippen LogP contribution in [0.4, 0.5) is 0 Å². The first-order chi connectivity index (χ1) is 10.6. The van der Waals surface area contributed by atoms with Crippen molar-refractivity contribution in [1.82, 2.24) is 19.7 Å². The van der Waals surface area contributed by atoms with Gasteiger partial charge in [-0.05, 0) is 31.2 Å². The molecule has 2 heterocycles. The fraction of sp³-hybridized carbons (Fsp3) is 0.0625. The van der Waals surface area contributed by atoms with Crippen molar-refractivity contribution in [3.8, 4) is 5.69 Å². The summed E-state index contributed by atoms with van der Waals surface area (Å²) in [6.07, 6.45) is 0. The molecule has 4 nitrogen and oxygen atoms in total. The lowest BCUT2D eigenvalue weighted by molar-refractivity contribution is 0.879. The van der Waals surface area contributed by atoms with Crippen molar-refractivity contribution in [3.63, 3.8) is 0 Å². The number of halogens is 2. The third kappa shape index (κ3) is 2.03. The largest absolute Gasteiger partial charge is 0.241 e. The van der Waals surface area contributed by atoms with E-state index in [1.807, 2.05) is 37.3 Å². The molecule has 6 heteroatoms. The summed E-state index contributed by atoms with van der Waals surface area (Å²) in [5, 5.41) is 5.49. The quantitative estimate of drug-likeness (QED) is 0.513. The van der Waals surface area contributed by atoms with Gasteiger partial charge in [-0.25, -0.2) is 14.6 Å². The van der Waals surface area contributed by atoms with Crippen LogP contribution < -0.4 is 0 Å². The van der Waals surface area contributed by atoms with Gasteiger partial charge in [-0.1, -0.05) is 41.4 Å². The van der Waals surface area contributed by atoms with Gasteiger partial charge in [0, 0.05) is 0 Å². The van der Waals surface area contributed by atoms with Gasteiger partial charge in [0.2, 0.25) is 0 Å². The molecule has 0 radical (unpaired) electrons. The Labute approximate surface area is 136 Å². The van der Waals surface area contributed by atoms with Gasteiger partial charge in [-0.2, -0.15) is 5.10 Å². The third-order valence-corrected chi connectivity index (χ3v) is 4.20. The molecule has 0 atom stereocenters. The maximum absolute atomic E-state index is 6.08. The summed E-state index contributed by atoms with van der Waals surface area (Å²) in [4.78, 5) is 9.31. The molecule has 0 aliphatic carbocycles. The Balaban J connectivity index is 2.08. The van der Waals surface area contributed by atoms with Crippen LogP contribution >= 0.6 is 23.2 Å². The van der Waals surface area contributed by atoms with E-state index in [9.17, 15) is 0 Å². The molecule has 22 heavy (non-hydrogen) atoms. The summed E-state index contributed by atoms with van der Waals surface area (Å²) in [5.74, 6) is 0. The van der Waals surface area contributed by atoms with Crippen molar-refractivity contribution < 1.29 is 0 Å². The number of para-hydroxylation sites is 1. The number of rotatable bonds is 1. The minimum atomic E-state index is 0.463. The van der Waals surface area contributed by atoms with Gasteiger partial charge in [0.05, 0.1) is 32.5 Å². The summed E-state index contributed by atoms with van der Waals surface area (Å²) in [7, 11) is 0. The first-order valence-corrected chi connectivity index (χ1v) is 7.46. The average Bonchev–Trinajstić information content (AvgIpc) is 2.84. The van der Waals surface area contributed by atoms with Crippen LogP contribution in [0, 0.1) is 6.92 Å². The van der Waals surface area contributed by atoms with Crippen LogP contribution in [0.1, 0.15) is 5.69 Å². The van der Waals surface area contributed by atoms with Crippen molar-refractivity contribution >= 4 is 45.4 Å². The molecule has 0 saturated carbocycles. The molecule has 0 aliphatic heterocycles. The number of aromatic nitrogens is 4. The Morgan fingerprint density at radius 2 is 1.55 bits per heavy atom. The lowest BCUT2D eigenvalue weighted by Gasteiger charge is -2.04. The molecular formula is C16H10Cl2N4. The lowest BCUT2D eigenvalue weighted by Crippen LogP contribution is -1.98. The number of aryl methyl sites for hydroxylation is 1. The Morgan fingerprint density at radius 1 is 0.909 bits per heavy atom. The molecule has 0 amide bonds. The lowest BCUT2D eigenvalue weighted by atomic mass is 10.3. The van der Waals surface area contributed by atoms with E-state index in [2.05, 4.69) is 15.1 Å². The fourth-order valence-corrected chi connectivity index (χ4v) is 2.74. The molecular weight excluding hydrogens is 319 g/mol. The van der Waals surface area contributed by atoms with Crippen molar-refractivity contribution in [2.75, 3.05) is 0 Å². The van der Waals surface area contributed by atoms with Crippen LogP contribution in [0.15, 0.2) is 42.5 Å². The molecule has 4 aromatic rings. The minimum absolute atomic E-state index is 0.463. The van der Waals surface area contributed by atoms with E-state index in [0.717, 1.165) is 16.9 Å². The highest BCUT2D eigenvalue weighted by atomic mass is 35.5. The van der Waals surface area contributed by atoms with Crippen LogP contribution in [0.5, 0.6) is 0 Å². The van der Waals surface area contributed by atoms with E-state index in [-0.39, 0.29) is 0 Å². The van der Waals surface area contributed by atoms with Crippen LogP contribution in [0.3, 0.4) is 0 Å². The summed E-state index contributed by atoms with van der Waals surface area (Å²) >= 11 is 12.1. The van der Waals surface area contributed by atoms with Crippen LogP contribution in [-0.2, 0) is 0 Å². The second-order valence-corrected chi connectivity index (χ2v) is 5.80. The van der Waals surface area contributed by atoms with Gasteiger partial charge in [0.25, 0.3) is 0 Å². The predicted octanol–water partition coefficient (Wildman–Crippen LogP) is 4.58. The number of benzene rings is 2. The highest BCUT2D eigenvalue weighted by Crippen LogP contribution is 2.28. The Hall–Kier alpha value is -2.17. The molecule has 0 saturated heterocycles. The van der Waals surface area contributed by atoms with Gasteiger partial charge >= 0.3 is 0 Å². The summed E-state index contributed by atoms with van der Waals surface area (Å²) in [6, 6.07) is 13.3. The fourth-order valence-electron chi connectivity index (χ4n) is 2.43. The molecule has 0 fully saturated rings. The number of fused-ring (bicyclic) bond motifs is 2. The van der Waals surface area contributed by atoms with Crippen molar-refractivity contribution in [3.05, 3.63) is 58.2 Å². The molecule has 0 aliphatic rings. The van der Waals surface area contributed by atoms with E-state index in [1.54, 1.807) is 16.8 Å². The smallest absolute Gasteiger partial charge is 0.182 e. The number of hydrogen-bond acceptors (Lipinski definition) is 3. The van der Waals surface area contributed by atoms with E-state index in [1.165, 1.54) is 0 Å². The monoisotopic (exact) mass is 328 g/mol. The van der Waals surface area contributed by atoms with Crippen LogP contribution in [-0.4, -0.2) is 19.7 Å². The molecule has 4 rings (SSSR count). The topological polar surface area (TPSA) is 43.6 Å². The molecule has 108 valence electrons. The van der Waals surface area contributed by atoms with Crippen molar-refractivity contribution in [2.45, 2.75) is 6.92 Å². The maximum atomic E-state index is 6.08. The summed E-state index contributed by atoms with van der Waals surface area (Å²) in [6.45, 7) is 1.92. The molecule has 2 aromatic heterocycles. The van der Waals surface area contributed by atoms with Crippen LogP contribution in [0.2, 0.25) is 10.0 Å². The minimum Gasteiger partial charge on any atom is -0.241 e. The van der Waals surface area contributed by atoms with Crippen molar-refractivity contribution in [2.24, 2.45) is 0 Å². The normalized spacial score (nSPS) is 11.4. The number of nitrogens with zero attached hydrogens (tertiary/aromatic N) is 4. The molecule has 0 N–H and O–H groups in total. The number of hydrogen-bond donors (Lipinski definition) is 0. The standard InChI is InChI=1S/C16H10Cl2N4/c1-9-15-16(22(21-9)10-5-3-2-4-6-10)20-14-8-12(18)11(17)7-13(14)19-15/h2-8H,1H3. The van der Waals surface area contributed by atoms with Crippen molar-refractivity contribution in [1.29, 1.82) is 0 Å². The average molecular weight is 329 g/mol. The van der Waals surface area contributed by atoms with Gasteiger partial charge in [0.15, 0.2) is 5.65 Å². The Kier molecular flexibility index (Phi) is 3.03. The van der Waals surface area contributed by atoms with Gasteiger partial charge in [-0.15, -0.1) is 0 Å². The van der Waals surface area contributed by atoms with Crippen LogP contribution in [0.25, 0.3) is 27.9 Å². The third-order valence-electron chi connectivity index (χ3n) is 3.48. The molecule has 2 aromatic carbocycles. The molecule has 0 bridgehead atoms.